The van der Waals surface area contributed by atoms with E-state index in [9.17, 15) is 45.3 Å². The SMILES string of the molecule is CCCCCCCCCCCCCCC(=O)OC[C@H](CO[C@@H]1O[C@H](CO[C@@H]2O[C@H](CO)[C@H](O)C(O)C2O)[C@H](O)C(O)C1O)OC(=O)CCCCCCCCCCC. The number of hydrogen-bond acceptors (Lipinski definition) is 15. The summed E-state index contributed by atoms with van der Waals surface area (Å²) in [4.78, 5) is 25.5. The van der Waals surface area contributed by atoms with Gasteiger partial charge in [-0.05, 0) is 12.8 Å². The predicted molar refractivity (Wildman–Crippen MR) is 211 cm³/mol. The van der Waals surface area contributed by atoms with Crippen molar-refractivity contribution in [1.29, 1.82) is 0 Å². The molecule has 0 radical (unpaired) electrons. The lowest BCUT2D eigenvalue weighted by atomic mass is 9.98. The Labute approximate surface area is 340 Å². The lowest BCUT2D eigenvalue weighted by molar-refractivity contribution is -0.332. The Kier molecular flexibility index (Phi) is 28.4. The molecule has 15 nitrogen and oxygen atoms in total. The fourth-order valence-electron chi connectivity index (χ4n) is 7.10. The van der Waals surface area contributed by atoms with Gasteiger partial charge in [-0.2, -0.15) is 0 Å². The summed E-state index contributed by atoms with van der Waals surface area (Å²) in [6.07, 6.45) is 7.35. The van der Waals surface area contributed by atoms with Crippen molar-refractivity contribution in [2.75, 3.05) is 26.4 Å². The smallest absolute Gasteiger partial charge is 0.306 e. The first kappa shape index (κ1) is 51.6. The zero-order chi connectivity index (χ0) is 41.8. The van der Waals surface area contributed by atoms with Crippen molar-refractivity contribution in [1.82, 2.24) is 0 Å². The van der Waals surface area contributed by atoms with Crippen molar-refractivity contribution in [2.24, 2.45) is 0 Å². The fourth-order valence-corrected chi connectivity index (χ4v) is 7.10. The van der Waals surface area contributed by atoms with Crippen LogP contribution in [0.5, 0.6) is 0 Å². The summed E-state index contributed by atoms with van der Waals surface area (Å²) in [5.74, 6) is -0.921. The molecule has 0 aromatic heterocycles. The van der Waals surface area contributed by atoms with E-state index < -0.39 is 92.7 Å². The van der Waals surface area contributed by atoms with Crippen molar-refractivity contribution in [2.45, 2.75) is 229 Å². The fraction of sp³-hybridized carbons (Fsp3) is 0.952. The van der Waals surface area contributed by atoms with Crippen LogP contribution >= 0.6 is 0 Å². The van der Waals surface area contributed by atoms with E-state index in [4.69, 9.17) is 28.4 Å². The third-order valence-corrected chi connectivity index (χ3v) is 10.8. The number of carbonyl (C=O) groups is 2. The molecule has 7 N–H and O–H groups in total. The summed E-state index contributed by atoms with van der Waals surface area (Å²) in [6, 6.07) is 0. The van der Waals surface area contributed by atoms with E-state index in [1.165, 1.54) is 83.5 Å². The number of carbonyl (C=O) groups excluding carboxylic acids is 2. The topological polar surface area (TPSA) is 231 Å². The Hall–Kier alpha value is -1.50. The average Bonchev–Trinajstić information content (AvgIpc) is 3.20. The molecule has 0 aromatic rings. The first-order valence-electron chi connectivity index (χ1n) is 22.1. The molecule has 0 saturated carbocycles. The zero-order valence-electron chi connectivity index (χ0n) is 34.8. The lowest BCUT2D eigenvalue weighted by Gasteiger charge is -2.42. The van der Waals surface area contributed by atoms with Crippen molar-refractivity contribution >= 4 is 11.9 Å². The Morgan fingerprint density at radius 1 is 0.491 bits per heavy atom. The standard InChI is InChI=1S/C42H78O15/c1-3-5-7-9-11-13-14-15-17-18-20-22-24-33(44)52-27-30(55-34(45)25-23-21-19-16-12-10-8-6-4-2)28-53-41-40(51)38(49)36(47)32(57-41)29-54-42-39(50)37(48)35(46)31(26-43)56-42/h30-32,35-43,46-51H,3-29H2,1-2H3/t30-,31-,32-,35+,36+,37?,38?,39?,40?,41-,42-/m1/s1. The van der Waals surface area contributed by atoms with E-state index in [1.54, 1.807) is 0 Å². The first-order valence-corrected chi connectivity index (χ1v) is 22.1. The number of aliphatic hydroxyl groups is 7. The van der Waals surface area contributed by atoms with Crippen molar-refractivity contribution in [3.05, 3.63) is 0 Å². The molecule has 0 aliphatic carbocycles. The molecule has 57 heavy (non-hydrogen) atoms. The second-order valence-electron chi connectivity index (χ2n) is 15.9. The van der Waals surface area contributed by atoms with Gasteiger partial charge < -0.3 is 64.2 Å². The van der Waals surface area contributed by atoms with Gasteiger partial charge in [-0.3, -0.25) is 9.59 Å². The summed E-state index contributed by atoms with van der Waals surface area (Å²) in [5.41, 5.74) is 0. The van der Waals surface area contributed by atoms with Crippen LogP contribution in [0, 0.1) is 0 Å². The second kappa shape index (κ2) is 31.4. The highest BCUT2D eigenvalue weighted by atomic mass is 16.7. The molecule has 2 heterocycles. The molecular formula is C42H78O15. The van der Waals surface area contributed by atoms with Crippen molar-refractivity contribution < 1.29 is 73.8 Å². The molecule has 2 saturated heterocycles. The van der Waals surface area contributed by atoms with Crippen LogP contribution in [-0.4, -0.2) is 142 Å². The normalized spacial score (nSPS) is 28.3. The number of rotatable bonds is 33. The molecule has 336 valence electrons. The zero-order valence-corrected chi connectivity index (χ0v) is 34.8. The van der Waals surface area contributed by atoms with Crippen molar-refractivity contribution in [3.8, 4) is 0 Å². The number of ether oxygens (including phenoxy) is 6. The highest BCUT2D eigenvalue weighted by molar-refractivity contribution is 5.70. The Bertz CT molecular complexity index is 1020. The van der Waals surface area contributed by atoms with Gasteiger partial charge in [0.25, 0.3) is 0 Å². The number of hydrogen-bond donors (Lipinski definition) is 7. The van der Waals surface area contributed by atoms with E-state index in [1.807, 2.05) is 0 Å². The van der Waals surface area contributed by atoms with E-state index in [0.717, 1.165) is 38.5 Å². The molecule has 0 amide bonds. The summed E-state index contributed by atoms with van der Waals surface area (Å²) < 4.78 is 33.4. The Morgan fingerprint density at radius 3 is 1.37 bits per heavy atom. The van der Waals surface area contributed by atoms with Crippen LogP contribution < -0.4 is 0 Å². The number of aliphatic hydroxyl groups excluding tert-OH is 7. The molecule has 0 aromatic carbocycles. The maximum absolute atomic E-state index is 12.8. The number of unbranched alkanes of at least 4 members (excludes halogenated alkanes) is 19. The van der Waals surface area contributed by atoms with Gasteiger partial charge in [0.05, 0.1) is 19.8 Å². The highest BCUT2D eigenvalue weighted by Gasteiger charge is 2.47. The summed E-state index contributed by atoms with van der Waals surface area (Å²) in [6.45, 7) is 2.55. The van der Waals surface area contributed by atoms with Gasteiger partial charge in [0.15, 0.2) is 18.7 Å². The molecular weight excluding hydrogens is 744 g/mol. The minimum atomic E-state index is -1.76. The largest absolute Gasteiger partial charge is 0.462 e. The van der Waals surface area contributed by atoms with Crippen LogP contribution in [0.1, 0.15) is 162 Å². The first-order chi connectivity index (χ1) is 27.5. The summed E-state index contributed by atoms with van der Waals surface area (Å²) in [7, 11) is 0. The van der Waals surface area contributed by atoms with Crippen LogP contribution in [0.3, 0.4) is 0 Å². The monoisotopic (exact) mass is 823 g/mol. The number of esters is 2. The average molecular weight is 823 g/mol. The predicted octanol–water partition coefficient (Wildman–Crippen LogP) is 4.09. The van der Waals surface area contributed by atoms with Gasteiger partial charge in [0.1, 0.15) is 55.4 Å². The molecule has 11 atom stereocenters. The second-order valence-corrected chi connectivity index (χ2v) is 15.9. The molecule has 15 heteroatoms. The van der Waals surface area contributed by atoms with Crippen molar-refractivity contribution in [3.63, 3.8) is 0 Å². The van der Waals surface area contributed by atoms with E-state index in [-0.39, 0.29) is 26.1 Å². The summed E-state index contributed by atoms with van der Waals surface area (Å²) >= 11 is 0. The highest BCUT2D eigenvalue weighted by Crippen LogP contribution is 2.26. The van der Waals surface area contributed by atoms with Crippen LogP contribution in [0.2, 0.25) is 0 Å². The van der Waals surface area contributed by atoms with Crippen LogP contribution in [0.15, 0.2) is 0 Å². The van der Waals surface area contributed by atoms with E-state index >= 15 is 0 Å². The molecule has 4 unspecified atom stereocenters. The van der Waals surface area contributed by atoms with Gasteiger partial charge in [0.2, 0.25) is 0 Å². The maximum atomic E-state index is 12.8. The third kappa shape index (κ3) is 21.0. The minimum absolute atomic E-state index is 0.171. The van der Waals surface area contributed by atoms with Gasteiger partial charge >= 0.3 is 11.9 Å². The Balaban J connectivity index is 1.86. The van der Waals surface area contributed by atoms with Crippen LogP contribution in [0.25, 0.3) is 0 Å². The van der Waals surface area contributed by atoms with Gasteiger partial charge in [0, 0.05) is 12.8 Å². The molecule has 0 bridgehead atoms. The molecule has 2 fully saturated rings. The van der Waals surface area contributed by atoms with Gasteiger partial charge in [-0.1, -0.05) is 136 Å². The molecule has 0 spiro atoms. The molecule has 2 rings (SSSR count). The van der Waals surface area contributed by atoms with Gasteiger partial charge in [-0.25, -0.2) is 0 Å². The lowest BCUT2D eigenvalue weighted by Crippen LogP contribution is -2.61. The van der Waals surface area contributed by atoms with Crippen LogP contribution in [0.4, 0.5) is 0 Å². The van der Waals surface area contributed by atoms with Crippen LogP contribution in [-0.2, 0) is 38.0 Å². The minimum Gasteiger partial charge on any atom is -0.462 e. The maximum Gasteiger partial charge on any atom is 0.306 e. The quantitative estimate of drug-likeness (QED) is 0.0365. The van der Waals surface area contributed by atoms with E-state index in [0.29, 0.717) is 12.8 Å². The summed E-state index contributed by atoms with van der Waals surface area (Å²) in [5, 5.41) is 71.7. The Morgan fingerprint density at radius 2 is 0.895 bits per heavy atom. The molecule has 2 aliphatic heterocycles. The van der Waals surface area contributed by atoms with E-state index in [2.05, 4.69) is 13.8 Å². The molecule has 2 aliphatic rings. The van der Waals surface area contributed by atoms with Gasteiger partial charge in [-0.15, -0.1) is 0 Å². The third-order valence-electron chi connectivity index (χ3n) is 10.8.